The van der Waals surface area contributed by atoms with Crippen molar-refractivity contribution >= 4 is 21.9 Å². The van der Waals surface area contributed by atoms with E-state index in [0.29, 0.717) is 17.8 Å². The van der Waals surface area contributed by atoms with Crippen LogP contribution in [0.4, 0.5) is 5.95 Å². The Labute approximate surface area is 246 Å². The summed E-state index contributed by atoms with van der Waals surface area (Å²) in [6.07, 6.45) is 2.27. The molecular weight excluding hydrogens is 554 g/mol. The van der Waals surface area contributed by atoms with E-state index in [1.807, 2.05) is 50.2 Å². The minimum atomic E-state index is -4.24. The van der Waals surface area contributed by atoms with E-state index in [9.17, 15) is 13.2 Å². The van der Waals surface area contributed by atoms with Gasteiger partial charge in [0.1, 0.15) is 12.3 Å². The first-order chi connectivity index (χ1) is 19.8. The molecule has 4 aromatic rings. The van der Waals surface area contributed by atoms with E-state index < -0.39 is 16.1 Å². The molecule has 1 aliphatic heterocycles. The van der Waals surface area contributed by atoms with Crippen molar-refractivity contribution in [2.24, 2.45) is 12.5 Å². The van der Waals surface area contributed by atoms with Crippen LogP contribution in [0, 0.1) is 19.3 Å². The molecule has 4 bridgehead atoms. The predicted octanol–water partition coefficient (Wildman–Crippen LogP) is 4.53. The third kappa shape index (κ3) is 6.28. The SMILES string of the molecule is Cc1cccc(C)c1-c1cc2nc(n1)NS(=O)(=O)c1cc(n(C)n1)C(=O)N(Cc1ccccn1)[C@H](CC(C)(C)C)CO2. The maximum absolute atomic E-state index is 14.1. The summed E-state index contributed by atoms with van der Waals surface area (Å²) in [4.78, 5) is 29.2. The van der Waals surface area contributed by atoms with Crippen LogP contribution < -0.4 is 9.46 Å². The number of carbonyl (C=O) groups is 1. The summed E-state index contributed by atoms with van der Waals surface area (Å²) < 4.78 is 36.9. The summed E-state index contributed by atoms with van der Waals surface area (Å²) in [5, 5.41) is 3.87. The highest BCUT2D eigenvalue weighted by molar-refractivity contribution is 7.92. The second kappa shape index (κ2) is 11.2. The van der Waals surface area contributed by atoms with E-state index in [1.165, 1.54) is 10.7 Å². The number of rotatable bonds is 4. The molecule has 0 unspecified atom stereocenters. The van der Waals surface area contributed by atoms with Crippen molar-refractivity contribution in [1.29, 1.82) is 0 Å². The number of nitrogens with one attached hydrogen (secondary N) is 1. The molecule has 1 amide bonds. The van der Waals surface area contributed by atoms with Gasteiger partial charge < -0.3 is 9.64 Å². The molecule has 5 rings (SSSR count). The molecule has 3 aromatic heterocycles. The Morgan fingerprint density at radius 2 is 1.79 bits per heavy atom. The fourth-order valence-corrected chi connectivity index (χ4v) is 6.10. The van der Waals surface area contributed by atoms with Crippen molar-refractivity contribution in [3.63, 3.8) is 0 Å². The Bertz CT molecular complexity index is 1710. The minimum Gasteiger partial charge on any atom is -0.475 e. The van der Waals surface area contributed by atoms with E-state index in [4.69, 9.17) is 4.74 Å². The molecule has 1 atom stereocenters. The highest BCUT2D eigenvalue weighted by Crippen LogP contribution is 2.31. The number of anilines is 1. The normalized spacial score (nSPS) is 17.0. The largest absolute Gasteiger partial charge is 0.475 e. The van der Waals surface area contributed by atoms with Crippen molar-refractivity contribution in [2.75, 3.05) is 11.3 Å². The summed E-state index contributed by atoms with van der Waals surface area (Å²) in [6.45, 7) is 10.5. The topological polar surface area (TPSA) is 132 Å². The third-order valence-corrected chi connectivity index (χ3v) is 8.25. The van der Waals surface area contributed by atoms with Crippen molar-refractivity contribution < 1.29 is 17.9 Å². The van der Waals surface area contributed by atoms with Gasteiger partial charge in [0.2, 0.25) is 11.8 Å². The molecule has 1 N–H and O–H groups in total. The van der Waals surface area contributed by atoms with Gasteiger partial charge in [-0.15, -0.1) is 0 Å². The van der Waals surface area contributed by atoms with Gasteiger partial charge in [-0.25, -0.2) is 9.71 Å². The van der Waals surface area contributed by atoms with Gasteiger partial charge in [0.25, 0.3) is 15.9 Å². The quantitative estimate of drug-likeness (QED) is 0.367. The van der Waals surface area contributed by atoms with E-state index in [-0.39, 0.29) is 47.0 Å². The zero-order valence-electron chi connectivity index (χ0n) is 24.6. The smallest absolute Gasteiger partial charge is 0.283 e. The summed E-state index contributed by atoms with van der Waals surface area (Å²) in [5.74, 6) is -0.353. The first-order valence-electron chi connectivity index (χ1n) is 13.7. The van der Waals surface area contributed by atoms with Crippen molar-refractivity contribution in [2.45, 2.75) is 58.7 Å². The van der Waals surface area contributed by atoms with E-state index >= 15 is 0 Å². The molecule has 0 aliphatic carbocycles. The lowest BCUT2D eigenvalue weighted by Gasteiger charge is -2.35. The highest BCUT2D eigenvalue weighted by Gasteiger charge is 2.33. The minimum absolute atomic E-state index is 0.107. The number of hydrogen-bond acceptors (Lipinski definition) is 8. The number of sulfonamides is 1. The Balaban J connectivity index is 1.68. The Morgan fingerprint density at radius 1 is 1.05 bits per heavy atom. The number of carbonyl (C=O) groups excluding carboxylic acids is 1. The van der Waals surface area contributed by atoms with Crippen LogP contribution in [0.1, 0.15) is 54.5 Å². The summed E-state index contributed by atoms with van der Waals surface area (Å²) in [7, 11) is -2.70. The lowest BCUT2D eigenvalue weighted by atomic mass is 9.87. The number of hydrogen-bond donors (Lipinski definition) is 1. The number of amides is 1. The molecule has 220 valence electrons. The van der Waals surface area contributed by atoms with Gasteiger partial charge in [-0.1, -0.05) is 45.0 Å². The van der Waals surface area contributed by atoms with Crippen LogP contribution in [-0.4, -0.2) is 56.6 Å². The molecule has 12 heteroatoms. The van der Waals surface area contributed by atoms with Gasteiger partial charge in [-0.2, -0.15) is 18.5 Å². The maximum Gasteiger partial charge on any atom is 0.283 e. The van der Waals surface area contributed by atoms with Crippen LogP contribution in [0.3, 0.4) is 0 Å². The molecular formula is C30H35N7O4S. The Kier molecular flexibility index (Phi) is 7.76. The molecule has 42 heavy (non-hydrogen) atoms. The second-order valence-electron chi connectivity index (χ2n) is 11.8. The van der Waals surface area contributed by atoms with Gasteiger partial charge in [0.15, 0.2) is 5.03 Å². The lowest BCUT2D eigenvalue weighted by molar-refractivity contribution is 0.0499. The molecule has 0 fully saturated rings. The van der Waals surface area contributed by atoms with Crippen molar-refractivity contribution in [1.82, 2.24) is 29.6 Å². The summed E-state index contributed by atoms with van der Waals surface area (Å²) >= 11 is 0. The number of nitrogens with zero attached hydrogens (tertiary/aromatic N) is 6. The van der Waals surface area contributed by atoms with Gasteiger partial charge in [-0.3, -0.25) is 14.5 Å². The lowest BCUT2D eigenvalue weighted by Crippen LogP contribution is -2.46. The Hall–Kier alpha value is -4.32. The summed E-state index contributed by atoms with van der Waals surface area (Å²) in [6, 6.07) is 14.0. The average molecular weight is 590 g/mol. The van der Waals surface area contributed by atoms with Crippen LogP contribution in [0.25, 0.3) is 11.3 Å². The van der Waals surface area contributed by atoms with Gasteiger partial charge in [0.05, 0.1) is 24.0 Å². The van der Waals surface area contributed by atoms with Gasteiger partial charge in [-0.05, 0) is 48.9 Å². The monoisotopic (exact) mass is 589 g/mol. The first-order valence-corrected chi connectivity index (χ1v) is 15.2. The molecule has 0 spiro atoms. The average Bonchev–Trinajstić information content (AvgIpc) is 3.31. The van der Waals surface area contributed by atoms with E-state index in [1.54, 1.807) is 24.2 Å². The molecule has 1 aliphatic rings. The zero-order valence-corrected chi connectivity index (χ0v) is 25.4. The van der Waals surface area contributed by atoms with E-state index in [2.05, 4.69) is 45.5 Å². The fourth-order valence-electron chi connectivity index (χ4n) is 5.16. The number of ether oxygens (including phenoxy) is 1. The second-order valence-corrected chi connectivity index (χ2v) is 13.4. The molecule has 1 aromatic carbocycles. The number of fused-ring (bicyclic) bond motifs is 4. The van der Waals surface area contributed by atoms with Crippen LogP contribution in [0.5, 0.6) is 5.88 Å². The molecule has 11 nitrogen and oxygen atoms in total. The van der Waals surface area contributed by atoms with Crippen molar-refractivity contribution in [3.05, 3.63) is 77.2 Å². The molecule has 0 radical (unpaired) electrons. The molecule has 0 saturated heterocycles. The molecule has 0 saturated carbocycles. The first kappa shape index (κ1) is 29.2. The van der Waals surface area contributed by atoms with Crippen LogP contribution in [0.2, 0.25) is 0 Å². The zero-order chi connectivity index (χ0) is 30.2. The van der Waals surface area contributed by atoms with Crippen molar-refractivity contribution in [3.8, 4) is 17.1 Å². The summed E-state index contributed by atoms with van der Waals surface area (Å²) in [5.41, 5.74) is 3.94. The number of aromatic nitrogens is 5. The standard InChI is InChI=1S/C30H35N7O4S/c1-19-10-9-11-20(2)27(19)23-14-25-33-29(32-23)35-42(39,40)26-15-24(36(6)34-26)28(38)37(17-21-12-7-8-13-31-21)22(18-41-25)16-30(3,4)5/h7-15,22H,16-18H2,1-6H3,(H,32,33,35)/t22-/m1/s1. The highest BCUT2D eigenvalue weighted by atomic mass is 32.2. The van der Waals surface area contributed by atoms with E-state index in [0.717, 1.165) is 16.7 Å². The van der Waals surface area contributed by atoms with Gasteiger partial charge in [0, 0.05) is 30.9 Å². The van der Waals surface area contributed by atoms with Crippen LogP contribution in [-0.2, 0) is 23.6 Å². The number of benzene rings is 1. The number of aryl methyl sites for hydroxylation is 3. The third-order valence-electron chi connectivity index (χ3n) is 7.05. The fraction of sp³-hybridized carbons (Fsp3) is 0.367. The number of pyridine rings is 1. The van der Waals surface area contributed by atoms with Crippen LogP contribution >= 0.6 is 0 Å². The predicted molar refractivity (Wildman–Crippen MR) is 158 cm³/mol. The van der Waals surface area contributed by atoms with Gasteiger partial charge >= 0.3 is 0 Å². The maximum atomic E-state index is 14.1. The van der Waals surface area contributed by atoms with Crippen LogP contribution in [0.15, 0.2) is 59.8 Å². The Morgan fingerprint density at radius 3 is 2.45 bits per heavy atom. The molecule has 4 heterocycles.